The van der Waals surface area contributed by atoms with E-state index in [1.165, 1.54) is 0 Å². The fourth-order valence-electron chi connectivity index (χ4n) is 3.18. The Labute approximate surface area is 147 Å². The van der Waals surface area contributed by atoms with Crippen molar-refractivity contribution in [2.45, 2.75) is 6.92 Å². The van der Waals surface area contributed by atoms with Gasteiger partial charge in [-0.15, -0.1) is 0 Å². The molecule has 1 aromatic heterocycles. The molecule has 0 saturated carbocycles. The van der Waals surface area contributed by atoms with Gasteiger partial charge in [0.05, 0.1) is 12.3 Å². The third kappa shape index (κ3) is 2.87. The Hall–Kier alpha value is -3.13. The van der Waals surface area contributed by atoms with Gasteiger partial charge in [0.25, 0.3) is 0 Å². The smallest absolute Gasteiger partial charge is 0.221 e. The normalized spacial score (nSPS) is 10.8. The van der Waals surface area contributed by atoms with Crippen molar-refractivity contribution < 1.29 is 4.74 Å². The van der Waals surface area contributed by atoms with E-state index in [1.54, 1.807) is 0 Å². The predicted molar refractivity (Wildman–Crippen MR) is 104 cm³/mol. The second-order valence-electron chi connectivity index (χ2n) is 5.85. The maximum absolute atomic E-state index is 5.86. The monoisotopic (exact) mass is 325 g/mol. The lowest BCUT2D eigenvalue weighted by Gasteiger charge is -2.16. The molecule has 2 nitrogen and oxygen atoms in total. The molecule has 0 fully saturated rings. The van der Waals surface area contributed by atoms with Gasteiger partial charge < -0.3 is 4.74 Å². The topological polar surface area (TPSA) is 22.1 Å². The van der Waals surface area contributed by atoms with Crippen molar-refractivity contribution >= 4 is 10.8 Å². The molecule has 0 unspecified atom stereocenters. The summed E-state index contributed by atoms with van der Waals surface area (Å²) in [7, 11) is 0. The van der Waals surface area contributed by atoms with Crippen LogP contribution >= 0.6 is 0 Å². The summed E-state index contributed by atoms with van der Waals surface area (Å²) < 4.78 is 5.86. The molecule has 4 aromatic rings. The van der Waals surface area contributed by atoms with Crippen LogP contribution in [-0.2, 0) is 0 Å². The molecule has 3 aromatic carbocycles. The van der Waals surface area contributed by atoms with E-state index in [2.05, 4.69) is 54.6 Å². The first kappa shape index (κ1) is 15.4. The molecule has 0 spiro atoms. The Morgan fingerprint density at radius 2 is 1.24 bits per heavy atom. The minimum atomic E-state index is 0.593. The lowest BCUT2D eigenvalue weighted by Crippen LogP contribution is -1.99. The lowest BCUT2D eigenvalue weighted by atomic mass is 9.94. The van der Waals surface area contributed by atoms with E-state index < -0.39 is 0 Å². The molecule has 1 heterocycles. The summed E-state index contributed by atoms with van der Waals surface area (Å²) in [5.41, 5.74) is 4.35. The maximum atomic E-state index is 5.86. The molecule has 0 N–H and O–H groups in total. The van der Waals surface area contributed by atoms with Gasteiger partial charge in [-0.3, -0.25) is 0 Å². The minimum Gasteiger partial charge on any atom is -0.478 e. The zero-order valence-electron chi connectivity index (χ0n) is 14.1. The maximum Gasteiger partial charge on any atom is 0.221 e. The highest BCUT2D eigenvalue weighted by Crippen LogP contribution is 2.40. The molecule has 0 aliphatic rings. The molecule has 0 aliphatic heterocycles. The molecule has 0 amide bonds. The van der Waals surface area contributed by atoms with Gasteiger partial charge in [0.1, 0.15) is 0 Å². The number of nitrogens with zero attached hydrogens (tertiary/aromatic N) is 1. The average Bonchev–Trinajstić information content (AvgIpc) is 2.69. The molecule has 0 aliphatic carbocycles. The summed E-state index contributed by atoms with van der Waals surface area (Å²) >= 11 is 0. The van der Waals surface area contributed by atoms with Crippen molar-refractivity contribution in [2.24, 2.45) is 0 Å². The van der Waals surface area contributed by atoms with Crippen LogP contribution in [0.2, 0.25) is 0 Å². The summed E-state index contributed by atoms with van der Waals surface area (Å²) in [4.78, 5) is 4.91. The Morgan fingerprint density at radius 3 is 1.88 bits per heavy atom. The van der Waals surface area contributed by atoms with E-state index in [-0.39, 0.29) is 0 Å². The molecule has 0 saturated heterocycles. The van der Waals surface area contributed by atoms with Crippen LogP contribution in [0.4, 0.5) is 0 Å². The van der Waals surface area contributed by atoms with Crippen LogP contribution in [0.5, 0.6) is 5.88 Å². The van der Waals surface area contributed by atoms with Crippen LogP contribution in [0.25, 0.3) is 33.2 Å². The van der Waals surface area contributed by atoms with Crippen LogP contribution in [0.3, 0.4) is 0 Å². The van der Waals surface area contributed by atoms with Crippen molar-refractivity contribution in [2.75, 3.05) is 6.61 Å². The first-order valence-electron chi connectivity index (χ1n) is 8.55. The van der Waals surface area contributed by atoms with E-state index in [0.29, 0.717) is 12.5 Å². The SMILES string of the molecule is CCOc1nc(-c2ccccc2)c(-c2ccccc2)c2ccccc12. The van der Waals surface area contributed by atoms with Gasteiger partial charge in [0, 0.05) is 16.5 Å². The Bertz CT molecular complexity index is 994. The summed E-state index contributed by atoms with van der Waals surface area (Å²) in [6, 6.07) is 29.1. The second kappa shape index (κ2) is 6.78. The average molecular weight is 325 g/mol. The Morgan fingerprint density at radius 1 is 0.680 bits per heavy atom. The van der Waals surface area contributed by atoms with E-state index in [1.807, 2.05) is 37.3 Å². The van der Waals surface area contributed by atoms with Crippen LogP contribution < -0.4 is 4.74 Å². The highest BCUT2D eigenvalue weighted by Gasteiger charge is 2.17. The van der Waals surface area contributed by atoms with E-state index in [9.17, 15) is 0 Å². The summed E-state index contributed by atoms with van der Waals surface area (Å²) in [5, 5.41) is 2.20. The highest BCUT2D eigenvalue weighted by atomic mass is 16.5. The Balaban J connectivity index is 2.11. The highest BCUT2D eigenvalue weighted by molar-refractivity contribution is 6.04. The molecular formula is C23H19NO. The Kier molecular flexibility index (Phi) is 4.17. The van der Waals surface area contributed by atoms with Gasteiger partial charge in [0.2, 0.25) is 5.88 Å². The number of hydrogen-bond donors (Lipinski definition) is 0. The molecular weight excluding hydrogens is 306 g/mol. The van der Waals surface area contributed by atoms with E-state index in [4.69, 9.17) is 9.72 Å². The fraction of sp³-hybridized carbons (Fsp3) is 0.0870. The van der Waals surface area contributed by atoms with Crippen LogP contribution in [0, 0.1) is 0 Å². The molecule has 0 bridgehead atoms. The van der Waals surface area contributed by atoms with Gasteiger partial charge in [-0.25, -0.2) is 4.98 Å². The number of hydrogen-bond acceptors (Lipinski definition) is 2. The summed E-state index contributed by atoms with van der Waals surface area (Å²) in [5.74, 6) is 0.691. The molecule has 122 valence electrons. The first-order chi connectivity index (χ1) is 12.4. The van der Waals surface area contributed by atoms with Crippen molar-refractivity contribution in [1.29, 1.82) is 0 Å². The first-order valence-corrected chi connectivity index (χ1v) is 8.55. The zero-order chi connectivity index (χ0) is 17.1. The molecule has 0 radical (unpaired) electrons. The minimum absolute atomic E-state index is 0.593. The number of pyridine rings is 1. The molecule has 4 rings (SSSR count). The number of aromatic nitrogens is 1. The number of fused-ring (bicyclic) bond motifs is 1. The van der Waals surface area contributed by atoms with Gasteiger partial charge in [-0.05, 0) is 23.9 Å². The van der Waals surface area contributed by atoms with Gasteiger partial charge >= 0.3 is 0 Å². The van der Waals surface area contributed by atoms with Crippen LogP contribution in [0.15, 0.2) is 84.9 Å². The van der Waals surface area contributed by atoms with Gasteiger partial charge in [-0.2, -0.15) is 0 Å². The summed E-state index contributed by atoms with van der Waals surface area (Å²) in [6.45, 7) is 2.58. The number of ether oxygens (including phenoxy) is 1. The van der Waals surface area contributed by atoms with E-state index >= 15 is 0 Å². The standard InChI is InChI=1S/C23H19NO/c1-2-25-23-20-16-10-9-15-19(20)21(17-11-5-3-6-12-17)22(24-23)18-13-7-4-8-14-18/h3-16H,2H2,1H3. The molecule has 25 heavy (non-hydrogen) atoms. The third-order valence-corrected chi connectivity index (χ3v) is 4.27. The van der Waals surface area contributed by atoms with Crippen LogP contribution in [-0.4, -0.2) is 11.6 Å². The summed E-state index contributed by atoms with van der Waals surface area (Å²) in [6.07, 6.45) is 0. The van der Waals surface area contributed by atoms with Crippen molar-refractivity contribution in [3.63, 3.8) is 0 Å². The quantitative estimate of drug-likeness (QED) is 0.461. The van der Waals surface area contributed by atoms with Gasteiger partial charge in [-0.1, -0.05) is 78.9 Å². The lowest BCUT2D eigenvalue weighted by molar-refractivity contribution is 0.332. The molecule has 0 atom stereocenters. The predicted octanol–water partition coefficient (Wildman–Crippen LogP) is 5.97. The van der Waals surface area contributed by atoms with Crippen molar-refractivity contribution in [3.05, 3.63) is 84.9 Å². The second-order valence-corrected chi connectivity index (χ2v) is 5.85. The third-order valence-electron chi connectivity index (χ3n) is 4.27. The van der Waals surface area contributed by atoms with Crippen molar-refractivity contribution in [3.8, 4) is 28.3 Å². The zero-order valence-corrected chi connectivity index (χ0v) is 14.1. The number of rotatable bonds is 4. The van der Waals surface area contributed by atoms with E-state index in [0.717, 1.165) is 33.2 Å². The van der Waals surface area contributed by atoms with Crippen LogP contribution in [0.1, 0.15) is 6.92 Å². The van der Waals surface area contributed by atoms with Gasteiger partial charge in [0.15, 0.2) is 0 Å². The molecule has 2 heteroatoms. The fourth-order valence-corrected chi connectivity index (χ4v) is 3.18. The largest absolute Gasteiger partial charge is 0.478 e. The van der Waals surface area contributed by atoms with Crippen molar-refractivity contribution in [1.82, 2.24) is 4.98 Å². The number of benzene rings is 3.